The Kier molecular flexibility index (Phi) is 14.6. The Morgan fingerprint density at radius 1 is 0.853 bits per heavy atom. The molecule has 2 rings (SSSR count). The van der Waals surface area contributed by atoms with E-state index >= 15 is 0 Å². The molecular formula is C28H40N2O3S. The molecule has 186 valence electrons. The van der Waals surface area contributed by atoms with Gasteiger partial charge in [-0.3, -0.25) is 4.79 Å². The maximum Gasteiger partial charge on any atom is 0.353 e. The van der Waals surface area contributed by atoms with Crippen LogP contribution in [0.15, 0.2) is 46.9 Å². The quantitative estimate of drug-likeness (QED) is 0.0768. The number of hydrogen-bond acceptors (Lipinski definition) is 5. The van der Waals surface area contributed by atoms with E-state index < -0.39 is 0 Å². The van der Waals surface area contributed by atoms with E-state index in [4.69, 9.17) is 4.74 Å². The molecule has 0 atom stereocenters. The molecule has 0 aliphatic rings. The summed E-state index contributed by atoms with van der Waals surface area (Å²) in [5, 5.41) is 5.86. The van der Waals surface area contributed by atoms with Crippen LogP contribution in [-0.2, 0) is 4.79 Å². The fourth-order valence-electron chi connectivity index (χ4n) is 3.71. The van der Waals surface area contributed by atoms with Crippen LogP contribution in [0.2, 0.25) is 0 Å². The molecule has 1 N–H and O–H groups in total. The van der Waals surface area contributed by atoms with E-state index in [0.717, 1.165) is 18.4 Å². The summed E-state index contributed by atoms with van der Waals surface area (Å²) in [6.45, 7) is 2.26. The monoisotopic (exact) mass is 484 g/mol. The number of carbonyl (C=O) groups is 2. The predicted molar refractivity (Wildman–Crippen MR) is 142 cm³/mol. The van der Waals surface area contributed by atoms with Gasteiger partial charge in [0.15, 0.2) is 0 Å². The highest BCUT2D eigenvalue weighted by Crippen LogP contribution is 2.16. The second-order valence-electron chi connectivity index (χ2n) is 8.72. The van der Waals surface area contributed by atoms with Gasteiger partial charge in [-0.15, -0.1) is 11.3 Å². The van der Waals surface area contributed by atoms with Crippen molar-refractivity contribution in [2.24, 2.45) is 5.10 Å². The Labute approximate surface area is 209 Å². The third kappa shape index (κ3) is 12.7. The fraction of sp³-hybridized carbons (Fsp3) is 0.536. The lowest BCUT2D eigenvalue weighted by Crippen LogP contribution is -2.16. The van der Waals surface area contributed by atoms with Gasteiger partial charge in [0.1, 0.15) is 10.6 Å². The molecule has 0 saturated heterocycles. The van der Waals surface area contributed by atoms with Crippen molar-refractivity contribution >= 4 is 29.4 Å². The van der Waals surface area contributed by atoms with Crippen LogP contribution in [0.5, 0.6) is 5.75 Å². The molecule has 6 heteroatoms. The van der Waals surface area contributed by atoms with Crippen LogP contribution in [0, 0.1) is 0 Å². The number of rotatable bonds is 18. The molecule has 2 aromatic rings. The highest BCUT2D eigenvalue weighted by molar-refractivity contribution is 7.12. The maximum atomic E-state index is 12.0. The Balaban J connectivity index is 1.46. The molecule has 1 amide bonds. The van der Waals surface area contributed by atoms with Gasteiger partial charge in [0.2, 0.25) is 5.91 Å². The van der Waals surface area contributed by atoms with Crippen molar-refractivity contribution in [3.05, 3.63) is 52.2 Å². The molecule has 0 radical (unpaired) electrons. The van der Waals surface area contributed by atoms with E-state index in [1.807, 2.05) is 11.4 Å². The number of nitrogens with one attached hydrogen (secondary N) is 1. The third-order valence-corrected chi connectivity index (χ3v) is 6.57. The van der Waals surface area contributed by atoms with Gasteiger partial charge < -0.3 is 4.74 Å². The first-order valence-corrected chi connectivity index (χ1v) is 13.7. The first kappa shape index (κ1) is 27.8. The van der Waals surface area contributed by atoms with Gasteiger partial charge in [-0.25, -0.2) is 10.2 Å². The topological polar surface area (TPSA) is 67.8 Å². The van der Waals surface area contributed by atoms with Crippen molar-refractivity contribution in [2.75, 3.05) is 0 Å². The summed E-state index contributed by atoms with van der Waals surface area (Å²) in [7, 11) is 0. The molecule has 0 spiro atoms. The number of unbranched alkanes of at least 4 members (excludes halogenated alkanes) is 12. The second kappa shape index (κ2) is 17.9. The van der Waals surface area contributed by atoms with Crippen LogP contribution >= 0.6 is 11.3 Å². The van der Waals surface area contributed by atoms with E-state index in [9.17, 15) is 9.59 Å². The number of nitrogens with zero attached hydrogens (tertiary/aromatic N) is 1. The number of amides is 1. The van der Waals surface area contributed by atoms with Crippen LogP contribution in [0.25, 0.3) is 0 Å². The minimum absolute atomic E-state index is 0.0548. The van der Waals surface area contributed by atoms with Crippen molar-refractivity contribution in [1.82, 2.24) is 5.43 Å². The summed E-state index contributed by atoms with van der Waals surface area (Å²) in [6.07, 6.45) is 18.9. The van der Waals surface area contributed by atoms with Gasteiger partial charge >= 0.3 is 5.97 Å². The van der Waals surface area contributed by atoms with E-state index in [2.05, 4.69) is 17.5 Å². The van der Waals surface area contributed by atoms with Gasteiger partial charge in [0, 0.05) is 6.42 Å². The van der Waals surface area contributed by atoms with E-state index in [1.54, 1.807) is 36.5 Å². The molecular weight excluding hydrogens is 444 g/mol. The van der Waals surface area contributed by atoms with Crippen LogP contribution in [0.4, 0.5) is 0 Å². The van der Waals surface area contributed by atoms with Crippen LogP contribution in [0.3, 0.4) is 0 Å². The molecule has 5 nitrogen and oxygen atoms in total. The largest absolute Gasteiger partial charge is 0.422 e. The van der Waals surface area contributed by atoms with E-state index in [0.29, 0.717) is 17.0 Å². The first-order valence-electron chi connectivity index (χ1n) is 12.9. The van der Waals surface area contributed by atoms with Gasteiger partial charge in [-0.05, 0) is 47.7 Å². The average Bonchev–Trinajstić information content (AvgIpc) is 3.38. The van der Waals surface area contributed by atoms with E-state index in [-0.39, 0.29) is 11.9 Å². The van der Waals surface area contributed by atoms with Crippen molar-refractivity contribution in [1.29, 1.82) is 0 Å². The van der Waals surface area contributed by atoms with Crippen LogP contribution in [0.1, 0.15) is 112 Å². The summed E-state index contributed by atoms with van der Waals surface area (Å²) in [4.78, 5) is 24.5. The highest BCUT2D eigenvalue weighted by Gasteiger charge is 2.09. The van der Waals surface area contributed by atoms with Gasteiger partial charge in [-0.2, -0.15) is 5.10 Å². The second-order valence-corrected chi connectivity index (χ2v) is 9.67. The summed E-state index contributed by atoms with van der Waals surface area (Å²) >= 11 is 1.35. The Morgan fingerprint density at radius 2 is 1.44 bits per heavy atom. The molecule has 0 aliphatic heterocycles. The molecule has 1 heterocycles. The number of esters is 1. The van der Waals surface area contributed by atoms with Crippen molar-refractivity contribution in [2.45, 2.75) is 96.8 Å². The standard InChI is InChI=1S/C28H40N2O3S/c1-2-3-4-5-6-7-8-9-10-11-12-13-14-17-27(31)30-29-23-24-18-20-25(21-19-24)33-28(32)26-16-15-22-34-26/h15-16,18-23H,2-14,17H2,1H3,(H,30,31). The Morgan fingerprint density at radius 3 is 2.00 bits per heavy atom. The first-order chi connectivity index (χ1) is 16.7. The lowest BCUT2D eigenvalue weighted by molar-refractivity contribution is -0.121. The van der Waals surface area contributed by atoms with Crippen molar-refractivity contribution in [3.8, 4) is 5.75 Å². The number of ether oxygens (including phenoxy) is 1. The molecule has 1 aromatic carbocycles. The molecule has 0 unspecified atom stereocenters. The number of hydrogen-bond donors (Lipinski definition) is 1. The summed E-state index contributed by atoms with van der Waals surface area (Å²) in [5.41, 5.74) is 3.40. The van der Waals surface area contributed by atoms with E-state index in [1.165, 1.54) is 82.0 Å². The number of benzene rings is 1. The summed E-state index contributed by atoms with van der Waals surface area (Å²) in [5.74, 6) is 0.0552. The smallest absolute Gasteiger partial charge is 0.353 e. The minimum atomic E-state index is -0.364. The highest BCUT2D eigenvalue weighted by atomic mass is 32.1. The van der Waals surface area contributed by atoms with Crippen molar-refractivity contribution < 1.29 is 14.3 Å². The molecule has 0 saturated carbocycles. The molecule has 0 bridgehead atoms. The lowest BCUT2D eigenvalue weighted by atomic mass is 10.0. The zero-order chi connectivity index (χ0) is 24.3. The van der Waals surface area contributed by atoms with Gasteiger partial charge in [0.05, 0.1) is 6.21 Å². The number of hydrazone groups is 1. The third-order valence-electron chi connectivity index (χ3n) is 5.72. The Bertz CT molecular complexity index is 832. The van der Waals surface area contributed by atoms with Crippen LogP contribution in [-0.4, -0.2) is 18.1 Å². The summed E-state index contributed by atoms with van der Waals surface area (Å²) < 4.78 is 5.33. The normalized spacial score (nSPS) is 11.1. The lowest BCUT2D eigenvalue weighted by Gasteiger charge is -2.03. The fourth-order valence-corrected chi connectivity index (χ4v) is 4.31. The molecule has 0 fully saturated rings. The molecule has 34 heavy (non-hydrogen) atoms. The Hall–Kier alpha value is -2.47. The minimum Gasteiger partial charge on any atom is -0.422 e. The van der Waals surface area contributed by atoms with Crippen molar-refractivity contribution in [3.63, 3.8) is 0 Å². The SMILES string of the molecule is CCCCCCCCCCCCCCCC(=O)NN=Cc1ccc(OC(=O)c2cccs2)cc1. The van der Waals surface area contributed by atoms with Gasteiger partial charge in [-0.1, -0.05) is 90.0 Å². The van der Waals surface area contributed by atoms with Crippen LogP contribution < -0.4 is 10.2 Å². The van der Waals surface area contributed by atoms with Gasteiger partial charge in [0.25, 0.3) is 0 Å². The zero-order valence-electron chi connectivity index (χ0n) is 20.6. The number of thiophene rings is 1. The summed E-state index contributed by atoms with van der Waals surface area (Å²) in [6, 6.07) is 10.5. The zero-order valence-corrected chi connectivity index (χ0v) is 21.4. The number of carbonyl (C=O) groups excluding carboxylic acids is 2. The maximum absolute atomic E-state index is 12.0. The molecule has 1 aromatic heterocycles. The average molecular weight is 485 g/mol. The molecule has 0 aliphatic carbocycles. The predicted octanol–water partition coefficient (Wildman–Crippen LogP) is 7.90.